The van der Waals surface area contributed by atoms with Crippen molar-refractivity contribution in [2.24, 2.45) is 16.8 Å². The molecule has 0 amide bonds. The molecular weight excluding hydrogens is 230 g/mol. The lowest BCUT2D eigenvalue weighted by atomic mass is 9.97. The highest BCUT2D eigenvalue weighted by Crippen LogP contribution is 2.07. The van der Waals surface area contributed by atoms with Crippen LogP contribution in [0.5, 0.6) is 0 Å². The zero-order valence-electron chi connectivity index (χ0n) is 13.4. The van der Waals surface area contributed by atoms with Crippen molar-refractivity contribution in [2.75, 3.05) is 6.54 Å². The molecule has 0 radical (unpaired) electrons. The highest BCUT2D eigenvalue weighted by Gasteiger charge is 2.08. The van der Waals surface area contributed by atoms with Gasteiger partial charge < -0.3 is 0 Å². The van der Waals surface area contributed by atoms with Gasteiger partial charge >= 0.3 is 0 Å². The lowest BCUT2D eigenvalue weighted by Gasteiger charge is -2.13. The Balaban J connectivity index is 4.36. The predicted octanol–water partition coefficient (Wildman–Crippen LogP) is 5.37. The molecule has 0 aromatic rings. The second kappa shape index (κ2) is 10.5. The molecule has 0 saturated heterocycles. The summed E-state index contributed by atoms with van der Waals surface area (Å²) in [5, 5.41) is 0. The summed E-state index contributed by atoms with van der Waals surface area (Å²) in [6.07, 6.45) is 14.5. The van der Waals surface area contributed by atoms with Gasteiger partial charge in [0, 0.05) is 5.71 Å². The molecule has 1 nitrogen and oxygen atoms in total. The average molecular weight is 259 g/mol. The molecule has 0 aliphatic heterocycles. The van der Waals surface area contributed by atoms with Gasteiger partial charge in [0.25, 0.3) is 0 Å². The first-order valence-electron chi connectivity index (χ1n) is 7.16. The van der Waals surface area contributed by atoms with Crippen molar-refractivity contribution in [1.82, 2.24) is 0 Å². The lowest BCUT2D eigenvalue weighted by molar-refractivity contribution is 0.758. The van der Waals surface area contributed by atoms with Gasteiger partial charge in [0.2, 0.25) is 0 Å². The largest absolute Gasteiger partial charge is 0.289 e. The maximum atomic E-state index is 4.67. The van der Waals surface area contributed by atoms with Crippen LogP contribution in [0.15, 0.2) is 53.1 Å². The van der Waals surface area contributed by atoms with Crippen LogP contribution in [-0.4, -0.2) is 12.3 Å². The number of nitrogens with zero attached hydrogens (tertiary/aromatic N) is 1. The summed E-state index contributed by atoms with van der Waals surface area (Å²) in [6, 6.07) is 0. The van der Waals surface area contributed by atoms with E-state index in [1.165, 1.54) is 11.3 Å². The minimum Gasteiger partial charge on any atom is -0.289 e. The molecule has 0 aliphatic carbocycles. The van der Waals surface area contributed by atoms with E-state index in [0.717, 1.165) is 6.54 Å². The van der Waals surface area contributed by atoms with E-state index < -0.39 is 0 Å². The first kappa shape index (κ1) is 17.6. The van der Waals surface area contributed by atoms with Gasteiger partial charge in [0.05, 0.1) is 6.54 Å². The van der Waals surface area contributed by atoms with E-state index in [2.05, 4.69) is 63.9 Å². The van der Waals surface area contributed by atoms with Crippen LogP contribution in [0.1, 0.15) is 41.5 Å². The minimum atomic E-state index is 0.537. The summed E-state index contributed by atoms with van der Waals surface area (Å²) in [6.45, 7) is 13.7. The molecular formula is C18H29N. The second-order valence-corrected chi connectivity index (χ2v) is 5.30. The molecule has 0 fully saturated rings. The van der Waals surface area contributed by atoms with Crippen molar-refractivity contribution in [1.29, 1.82) is 0 Å². The second-order valence-electron chi connectivity index (χ2n) is 5.30. The Labute approximate surface area is 119 Å². The van der Waals surface area contributed by atoms with Gasteiger partial charge in [-0.05, 0) is 25.7 Å². The van der Waals surface area contributed by atoms with Crippen LogP contribution < -0.4 is 0 Å². The molecule has 1 heteroatoms. The van der Waals surface area contributed by atoms with Crippen LogP contribution in [0.4, 0.5) is 0 Å². The van der Waals surface area contributed by atoms with E-state index in [-0.39, 0.29) is 0 Å². The average Bonchev–Trinajstić information content (AvgIpc) is 2.32. The Hall–Kier alpha value is -1.37. The quantitative estimate of drug-likeness (QED) is 0.430. The van der Waals surface area contributed by atoms with Gasteiger partial charge in [0.15, 0.2) is 0 Å². The highest BCUT2D eigenvalue weighted by molar-refractivity contribution is 5.87. The van der Waals surface area contributed by atoms with Crippen molar-refractivity contribution < 1.29 is 0 Å². The first-order chi connectivity index (χ1) is 8.99. The third kappa shape index (κ3) is 9.24. The first-order valence-corrected chi connectivity index (χ1v) is 7.16. The van der Waals surface area contributed by atoms with Crippen LogP contribution in [0.2, 0.25) is 0 Å². The van der Waals surface area contributed by atoms with E-state index in [1.807, 2.05) is 25.2 Å². The van der Waals surface area contributed by atoms with Gasteiger partial charge in [0.1, 0.15) is 0 Å². The molecule has 19 heavy (non-hydrogen) atoms. The Morgan fingerprint density at radius 1 is 1.00 bits per heavy atom. The Kier molecular flexibility index (Phi) is 9.78. The third-order valence-corrected chi connectivity index (χ3v) is 2.72. The fourth-order valence-electron chi connectivity index (χ4n) is 1.84. The zero-order valence-corrected chi connectivity index (χ0v) is 13.4. The van der Waals surface area contributed by atoms with E-state index in [9.17, 15) is 0 Å². The summed E-state index contributed by atoms with van der Waals surface area (Å²) in [5.41, 5.74) is 2.55. The van der Waals surface area contributed by atoms with Crippen LogP contribution in [0, 0.1) is 11.8 Å². The van der Waals surface area contributed by atoms with Crippen molar-refractivity contribution >= 4 is 5.71 Å². The molecule has 0 saturated carbocycles. The van der Waals surface area contributed by atoms with Crippen molar-refractivity contribution in [3.05, 3.63) is 48.1 Å². The number of hydrogen-bond acceptors (Lipinski definition) is 1. The van der Waals surface area contributed by atoms with Crippen LogP contribution in [0.3, 0.4) is 0 Å². The maximum absolute atomic E-state index is 4.67. The van der Waals surface area contributed by atoms with Gasteiger partial charge in [-0.2, -0.15) is 0 Å². The van der Waals surface area contributed by atoms with Crippen LogP contribution in [-0.2, 0) is 0 Å². The summed E-state index contributed by atoms with van der Waals surface area (Å²) in [7, 11) is 0. The van der Waals surface area contributed by atoms with Gasteiger partial charge in [-0.3, -0.25) is 4.99 Å². The van der Waals surface area contributed by atoms with E-state index in [4.69, 9.17) is 0 Å². The van der Waals surface area contributed by atoms with Gasteiger partial charge in [-0.1, -0.05) is 75.8 Å². The monoisotopic (exact) mass is 259 g/mol. The number of rotatable bonds is 7. The fourth-order valence-corrected chi connectivity index (χ4v) is 1.84. The Morgan fingerprint density at radius 2 is 1.63 bits per heavy atom. The topological polar surface area (TPSA) is 12.4 Å². The molecule has 0 aromatic carbocycles. The fraction of sp³-hybridized carbons (Fsp3) is 0.500. The molecule has 0 aromatic heterocycles. The maximum Gasteiger partial charge on any atom is 0.0572 e. The van der Waals surface area contributed by atoms with Crippen molar-refractivity contribution in [3.63, 3.8) is 0 Å². The van der Waals surface area contributed by atoms with Crippen molar-refractivity contribution in [2.45, 2.75) is 41.5 Å². The van der Waals surface area contributed by atoms with E-state index in [1.54, 1.807) is 0 Å². The zero-order chi connectivity index (χ0) is 14.7. The Bertz CT molecular complexity index is 366. The van der Waals surface area contributed by atoms with E-state index >= 15 is 0 Å². The summed E-state index contributed by atoms with van der Waals surface area (Å²) < 4.78 is 0. The van der Waals surface area contributed by atoms with Crippen LogP contribution >= 0.6 is 0 Å². The molecule has 0 bridgehead atoms. The highest BCUT2D eigenvalue weighted by atomic mass is 14.7. The van der Waals surface area contributed by atoms with Gasteiger partial charge in [-0.15, -0.1) is 0 Å². The molecule has 0 atom stereocenters. The Morgan fingerprint density at radius 3 is 2.16 bits per heavy atom. The molecule has 0 unspecified atom stereocenters. The van der Waals surface area contributed by atoms with Gasteiger partial charge in [-0.25, -0.2) is 0 Å². The number of allylic oxidation sites excluding steroid dienone is 7. The summed E-state index contributed by atoms with van der Waals surface area (Å²) >= 11 is 0. The SMILES string of the molecule is C\C=C/C=C/C(C)=C/C=C/CN=C(C(C)C)C(C)C. The van der Waals surface area contributed by atoms with Crippen molar-refractivity contribution in [3.8, 4) is 0 Å². The van der Waals surface area contributed by atoms with Crippen LogP contribution in [0.25, 0.3) is 0 Å². The smallest absolute Gasteiger partial charge is 0.0572 e. The predicted molar refractivity (Wildman–Crippen MR) is 88.8 cm³/mol. The lowest BCUT2D eigenvalue weighted by Crippen LogP contribution is -2.15. The number of hydrogen-bond donors (Lipinski definition) is 0. The third-order valence-electron chi connectivity index (χ3n) is 2.72. The standard InChI is InChI=1S/C18H29N/c1-7-8-9-12-17(6)13-10-11-14-19-18(15(2)3)16(4)5/h7-13,15-16H,14H2,1-6H3/b8-7-,11-10+,12-9+,17-13+. The summed E-state index contributed by atoms with van der Waals surface area (Å²) in [4.78, 5) is 4.67. The molecule has 0 spiro atoms. The summed E-state index contributed by atoms with van der Waals surface area (Å²) in [5.74, 6) is 1.07. The molecule has 0 aliphatic rings. The van der Waals surface area contributed by atoms with E-state index in [0.29, 0.717) is 11.8 Å². The normalized spacial score (nSPS) is 13.6. The number of aliphatic imine (C=N–C) groups is 1. The molecule has 106 valence electrons. The minimum absolute atomic E-state index is 0.537. The molecule has 0 rings (SSSR count). The molecule has 0 N–H and O–H groups in total. The molecule has 0 heterocycles.